The Balaban J connectivity index is 6.10. The van der Waals surface area contributed by atoms with Gasteiger partial charge in [-0.25, -0.2) is 0 Å². The number of hydrogen-bond acceptors (Lipinski definition) is 4. The summed E-state index contributed by atoms with van der Waals surface area (Å²) in [6.07, 6.45) is -4.25. The molecule has 0 aliphatic heterocycles. The lowest BCUT2D eigenvalue weighted by molar-refractivity contribution is 0.477. The zero-order valence-corrected chi connectivity index (χ0v) is 6.48. The molecule has 0 aliphatic rings. The highest BCUT2D eigenvalue weighted by molar-refractivity contribution is 7.86. The zero-order chi connectivity index (χ0) is 14.5. The molecule has 0 aromatic carbocycles. The molecule has 0 bridgehead atoms. The van der Waals surface area contributed by atoms with Crippen LogP contribution in [0.1, 0.15) is 14.6 Å². The minimum absolute atomic E-state index is 4.25. The van der Waals surface area contributed by atoms with Gasteiger partial charge in [0.15, 0.2) is 0 Å². The van der Waals surface area contributed by atoms with Gasteiger partial charge in [-0.1, -0.05) is 0 Å². The largest absolute Gasteiger partial charge is 0.286 e. The van der Waals surface area contributed by atoms with Crippen LogP contribution in [0, 0.1) is 0 Å². The van der Waals surface area contributed by atoms with Crippen molar-refractivity contribution in [2.75, 3.05) is 11.4 Å². The van der Waals surface area contributed by atoms with Gasteiger partial charge in [0.1, 0.15) is 0 Å². The molecule has 0 aromatic rings. The number of hydrogen-bond donors (Lipinski definition) is 2. The van der Waals surface area contributed by atoms with E-state index in [0.717, 1.165) is 0 Å². The minimum Gasteiger partial charge on any atom is -0.286 e. The first-order chi connectivity index (χ1) is 7.00. The third-order valence-electron chi connectivity index (χ3n) is 0.360. The van der Waals surface area contributed by atoms with Gasteiger partial charge in [0.2, 0.25) is 0 Å². The molecule has 8 heteroatoms. The maximum Gasteiger partial charge on any atom is 0.264 e. The monoisotopic (exact) mass is 210 g/mol. The molecule has 0 amide bonds. The molecule has 0 radical (unpaired) electrons. The van der Waals surface area contributed by atoms with E-state index in [1.807, 2.05) is 0 Å². The van der Waals surface area contributed by atoms with Gasteiger partial charge in [0.25, 0.3) is 20.2 Å². The van der Waals surface area contributed by atoms with Crippen molar-refractivity contribution in [3.63, 3.8) is 0 Å². The molecule has 0 aromatic heterocycles. The third-order valence-corrected chi connectivity index (χ3v) is 1.08. The summed E-state index contributed by atoms with van der Waals surface area (Å²) >= 11 is 0. The maximum absolute atomic E-state index is 10.6. The molecular weight excluding hydrogens is 196 g/mol. The van der Waals surface area contributed by atoms with Crippen LogP contribution in [0.5, 0.6) is 0 Å². The van der Waals surface area contributed by atoms with E-state index in [2.05, 4.69) is 0 Å². The molecule has 0 spiro atoms. The van der Waals surface area contributed by atoms with Crippen molar-refractivity contribution in [3.8, 4) is 0 Å². The summed E-state index contributed by atoms with van der Waals surface area (Å²) in [7, 11) is -11.5. The average molecular weight is 210 g/mol. The van der Waals surface area contributed by atoms with E-state index in [0.29, 0.717) is 0 Å². The molecule has 0 heterocycles. The smallest absolute Gasteiger partial charge is 0.264 e. The van der Waals surface area contributed by atoms with Crippen molar-refractivity contribution in [3.05, 3.63) is 0 Å². The minimum atomic E-state index is -5.76. The summed E-state index contributed by atoms with van der Waals surface area (Å²) in [6.45, 7) is 0. The molecule has 68 valence electrons. The normalized spacial score (nSPS) is 25.3. The van der Waals surface area contributed by atoms with Gasteiger partial charge in [0.05, 0.1) is 11.4 Å². The lowest BCUT2D eigenvalue weighted by Crippen LogP contribution is -2.10. The van der Waals surface area contributed by atoms with Crippen LogP contribution in [0.2, 0.25) is 0 Å². The first kappa shape index (κ1) is 4.17. The van der Waals surface area contributed by atoms with Crippen molar-refractivity contribution in [1.82, 2.24) is 0 Å². The van der Waals surface area contributed by atoms with Crippen LogP contribution in [0.3, 0.4) is 0 Å². The van der Waals surface area contributed by atoms with Crippen LogP contribution in [0.15, 0.2) is 0 Å². The molecule has 0 aliphatic carbocycles. The van der Waals surface area contributed by atoms with Gasteiger partial charge >= 0.3 is 0 Å². The van der Waals surface area contributed by atoms with E-state index in [-0.39, 0.29) is 0 Å². The van der Waals surface area contributed by atoms with Gasteiger partial charge < -0.3 is 0 Å². The van der Waals surface area contributed by atoms with Gasteiger partial charge in [-0.05, 0) is 6.37 Å². The Kier molecular flexibility index (Phi) is 1.32. The topological polar surface area (TPSA) is 109 Å². The first-order valence-corrected chi connectivity index (χ1v) is 4.82. The predicted molar refractivity (Wildman–Crippen MR) is 37.4 cm³/mol. The summed E-state index contributed by atoms with van der Waals surface area (Å²) in [5.41, 5.74) is -8.56. The van der Waals surface area contributed by atoms with Gasteiger partial charge in [-0.15, -0.1) is 0 Å². The fourth-order valence-corrected chi connectivity index (χ4v) is 0.574. The van der Waals surface area contributed by atoms with E-state index in [1.165, 1.54) is 0 Å². The van der Waals surface area contributed by atoms with Gasteiger partial charge in [0, 0.05) is 8.22 Å². The quantitative estimate of drug-likeness (QED) is 0.585. The Morgan fingerprint density at radius 3 is 1.45 bits per heavy atom. The fourth-order valence-electron chi connectivity index (χ4n) is 0.150. The lowest BCUT2D eigenvalue weighted by Gasteiger charge is -1.94. The number of rotatable bonds is 4. The molecule has 0 unspecified atom stereocenters. The Labute approximate surface area is 73.2 Å². The highest BCUT2D eigenvalue weighted by Crippen LogP contribution is 1.92. The summed E-state index contributed by atoms with van der Waals surface area (Å²) in [4.78, 5) is 0. The van der Waals surface area contributed by atoms with Crippen LogP contribution in [0.25, 0.3) is 0 Å². The molecule has 0 rings (SSSR count). The Hall–Kier alpha value is -0.180. The van der Waals surface area contributed by atoms with E-state index in [1.54, 1.807) is 0 Å². The second-order valence-electron chi connectivity index (χ2n) is 1.28. The molecule has 0 saturated heterocycles. The van der Waals surface area contributed by atoms with Gasteiger partial charge in [-0.2, -0.15) is 16.8 Å². The van der Waals surface area contributed by atoms with E-state index < -0.39 is 38.0 Å². The Bertz CT molecular complexity index is 458. The van der Waals surface area contributed by atoms with Crippen LogP contribution in [-0.4, -0.2) is 37.4 Å². The van der Waals surface area contributed by atoms with Gasteiger partial charge in [-0.3, -0.25) is 9.11 Å². The average Bonchev–Trinajstić information content (AvgIpc) is 1.98. The first-order valence-electron chi connectivity index (χ1n) is 4.94. The second kappa shape index (κ2) is 3.48. The SMILES string of the molecule is [2H]C([2H])(C([2H])([2H])S(=O)(=O)O)C([2H])([2H])S(=O)(=O)O. The third kappa shape index (κ3) is 9.82. The molecule has 6 nitrogen and oxygen atoms in total. The summed E-state index contributed by atoms with van der Waals surface area (Å²) in [6, 6.07) is 0. The second-order valence-corrected chi connectivity index (χ2v) is 3.59. The van der Waals surface area contributed by atoms with E-state index >= 15 is 0 Å². The molecular formula is C3H8O6S2. The van der Waals surface area contributed by atoms with E-state index in [9.17, 15) is 16.8 Å². The molecule has 0 fully saturated rings. The van der Waals surface area contributed by atoms with E-state index in [4.69, 9.17) is 17.3 Å². The fraction of sp³-hybridized carbons (Fsp3) is 1.00. The van der Waals surface area contributed by atoms with Crippen molar-refractivity contribution in [2.24, 2.45) is 0 Å². The van der Waals surface area contributed by atoms with Crippen LogP contribution in [0.4, 0.5) is 0 Å². The maximum atomic E-state index is 10.6. The summed E-state index contributed by atoms with van der Waals surface area (Å²) in [5, 5.41) is 0. The Morgan fingerprint density at radius 2 is 1.27 bits per heavy atom. The standard InChI is InChI=1S/C3H8O6S2/c4-10(5,6)2-1-3-11(7,8)9/h1-3H2,(H,4,5,6)(H,7,8,9)/i1D2,2D2,3D2. The van der Waals surface area contributed by atoms with Crippen molar-refractivity contribution >= 4 is 20.2 Å². The van der Waals surface area contributed by atoms with Crippen LogP contribution >= 0.6 is 0 Å². The summed E-state index contributed by atoms with van der Waals surface area (Å²) in [5.74, 6) is 0. The highest BCUT2D eigenvalue weighted by atomic mass is 32.2. The van der Waals surface area contributed by atoms with Crippen molar-refractivity contribution < 1.29 is 34.2 Å². The van der Waals surface area contributed by atoms with Crippen molar-refractivity contribution in [1.29, 1.82) is 0 Å². The highest BCUT2D eigenvalue weighted by Gasteiger charge is 2.08. The van der Waals surface area contributed by atoms with Crippen LogP contribution < -0.4 is 0 Å². The van der Waals surface area contributed by atoms with Crippen LogP contribution in [-0.2, 0) is 20.2 Å². The molecule has 2 N–H and O–H groups in total. The lowest BCUT2D eigenvalue weighted by atomic mass is 10.6. The predicted octanol–water partition coefficient (Wildman–Crippen LogP) is -0.848. The Morgan fingerprint density at radius 1 is 1.00 bits per heavy atom. The summed E-state index contributed by atoms with van der Waals surface area (Å²) < 4.78 is 99.9. The molecule has 11 heavy (non-hydrogen) atoms. The zero-order valence-electron chi connectivity index (χ0n) is 10.8. The molecule has 0 saturated carbocycles. The van der Waals surface area contributed by atoms with Crippen molar-refractivity contribution in [2.45, 2.75) is 6.37 Å². The molecule has 0 atom stereocenters.